The summed E-state index contributed by atoms with van der Waals surface area (Å²) in [4.78, 5) is 24.4. The molecule has 2 fully saturated rings. The van der Waals surface area contributed by atoms with Gasteiger partial charge in [0.25, 0.3) is 5.91 Å². The van der Waals surface area contributed by atoms with Gasteiger partial charge < -0.3 is 14.2 Å². The number of hydrogen-bond acceptors (Lipinski definition) is 5. The molecule has 1 saturated heterocycles. The van der Waals surface area contributed by atoms with Crippen LogP contribution in [0.15, 0.2) is 42.5 Å². The number of nitrogens with zero attached hydrogens (tertiary/aromatic N) is 1. The van der Waals surface area contributed by atoms with Crippen LogP contribution in [0.4, 0.5) is 10.5 Å². The van der Waals surface area contributed by atoms with Crippen molar-refractivity contribution in [3.8, 4) is 11.5 Å². The Morgan fingerprint density at radius 2 is 1.83 bits per heavy atom. The van der Waals surface area contributed by atoms with Gasteiger partial charge in [0.2, 0.25) is 0 Å². The van der Waals surface area contributed by atoms with Crippen LogP contribution in [0.5, 0.6) is 11.5 Å². The molecule has 2 aliphatic rings. The largest absolute Gasteiger partial charge is 0.493 e. The number of rotatable bonds is 8. The van der Waals surface area contributed by atoms with E-state index in [0.29, 0.717) is 47.8 Å². The zero-order valence-corrected chi connectivity index (χ0v) is 17.4. The van der Waals surface area contributed by atoms with Crippen molar-refractivity contribution in [1.82, 2.24) is 0 Å². The summed E-state index contributed by atoms with van der Waals surface area (Å²) in [5.74, 6) is 1.49. The van der Waals surface area contributed by atoms with E-state index < -0.39 is 6.09 Å². The van der Waals surface area contributed by atoms with Gasteiger partial charge in [0.05, 0.1) is 23.9 Å². The van der Waals surface area contributed by atoms with Gasteiger partial charge in [-0.15, -0.1) is 0 Å². The summed E-state index contributed by atoms with van der Waals surface area (Å²) >= 11 is 6.39. The quantitative estimate of drug-likeness (QED) is 0.531. The van der Waals surface area contributed by atoms with Gasteiger partial charge in [-0.1, -0.05) is 36.6 Å². The van der Waals surface area contributed by atoms with Crippen LogP contribution in [-0.2, 0) is 9.53 Å². The smallest absolute Gasteiger partial charge is 0.421 e. The van der Waals surface area contributed by atoms with Crippen LogP contribution in [-0.4, -0.2) is 31.8 Å². The Morgan fingerprint density at radius 1 is 1.03 bits per heavy atom. The van der Waals surface area contributed by atoms with Gasteiger partial charge in [-0.3, -0.25) is 4.79 Å². The third-order valence-corrected chi connectivity index (χ3v) is 5.72. The molecule has 2 aromatic rings. The van der Waals surface area contributed by atoms with Gasteiger partial charge in [-0.2, -0.15) is 0 Å². The van der Waals surface area contributed by atoms with E-state index in [9.17, 15) is 9.59 Å². The lowest BCUT2D eigenvalue weighted by Crippen LogP contribution is -2.28. The van der Waals surface area contributed by atoms with E-state index in [4.69, 9.17) is 25.8 Å². The summed E-state index contributed by atoms with van der Waals surface area (Å²) < 4.78 is 16.3. The van der Waals surface area contributed by atoms with Gasteiger partial charge in [0, 0.05) is 12.5 Å². The topological polar surface area (TPSA) is 65.1 Å². The van der Waals surface area contributed by atoms with Crippen LogP contribution in [0.2, 0.25) is 5.02 Å². The van der Waals surface area contributed by atoms with Crippen molar-refractivity contribution in [3.63, 3.8) is 0 Å². The molecule has 1 aliphatic carbocycles. The van der Waals surface area contributed by atoms with Crippen LogP contribution in [0.3, 0.4) is 0 Å². The fraction of sp³-hybridized carbons (Fsp3) is 0.391. The van der Waals surface area contributed by atoms with Crippen molar-refractivity contribution < 1.29 is 23.8 Å². The minimum Gasteiger partial charge on any atom is -0.493 e. The number of hydrogen-bond donors (Lipinski definition) is 0. The summed E-state index contributed by atoms with van der Waals surface area (Å²) in [7, 11) is 0. The molecule has 2 amide bonds. The molecule has 0 radical (unpaired) electrons. The third kappa shape index (κ3) is 4.70. The van der Waals surface area contributed by atoms with Crippen molar-refractivity contribution >= 4 is 29.3 Å². The van der Waals surface area contributed by atoms with E-state index in [1.807, 2.05) is 12.1 Å². The Balaban J connectivity index is 1.24. The Kier molecular flexibility index (Phi) is 6.43. The van der Waals surface area contributed by atoms with Crippen LogP contribution in [0, 0.1) is 0 Å². The first kappa shape index (κ1) is 20.5. The zero-order chi connectivity index (χ0) is 20.9. The molecule has 4 rings (SSSR count). The SMILES string of the molecule is O=C1COC(=O)N1c1cccc(OCCCOc2ccc(C3CCCC3)cc2Cl)c1. The molecule has 0 N–H and O–H groups in total. The summed E-state index contributed by atoms with van der Waals surface area (Å²) in [6.45, 7) is 0.671. The Hall–Kier alpha value is -2.73. The minimum atomic E-state index is -0.665. The molecule has 158 valence electrons. The maximum absolute atomic E-state index is 11.8. The predicted octanol–water partition coefficient (Wildman–Crippen LogP) is 5.33. The second-order valence-electron chi connectivity index (χ2n) is 7.50. The number of imide groups is 1. The summed E-state index contributed by atoms with van der Waals surface area (Å²) in [5, 5.41) is 0.648. The lowest BCUT2D eigenvalue weighted by molar-refractivity contribution is -0.117. The van der Waals surface area contributed by atoms with E-state index in [0.717, 1.165) is 4.90 Å². The number of halogens is 1. The fourth-order valence-corrected chi connectivity index (χ4v) is 4.14. The number of carbonyl (C=O) groups is 2. The molecule has 6 nitrogen and oxygen atoms in total. The molecule has 2 aromatic carbocycles. The third-order valence-electron chi connectivity index (χ3n) is 5.42. The van der Waals surface area contributed by atoms with E-state index in [1.165, 1.54) is 31.2 Å². The van der Waals surface area contributed by atoms with Crippen LogP contribution in [0.25, 0.3) is 0 Å². The monoisotopic (exact) mass is 429 g/mol. The highest BCUT2D eigenvalue weighted by Crippen LogP contribution is 2.37. The highest BCUT2D eigenvalue weighted by atomic mass is 35.5. The Labute approximate surface area is 180 Å². The van der Waals surface area contributed by atoms with Crippen LogP contribution in [0.1, 0.15) is 43.6 Å². The second-order valence-corrected chi connectivity index (χ2v) is 7.91. The molecule has 7 heteroatoms. The standard InChI is InChI=1S/C23H24ClNO5/c24-20-13-17(16-5-1-2-6-16)9-10-21(20)29-12-4-11-28-19-8-3-7-18(14-19)25-22(26)15-30-23(25)27/h3,7-10,13-14,16H,1-2,4-6,11-12,15H2. The highest BCUT2D eigenvalue weighted by Gasteiger charge is 2.32. The van der Waals surface area contributed by atoms with Crippen molar-refractivity contribution in [3.05, 3.63) is 53.1 Å². The van der Waals surface area contributed by atoms with E-state index in [1.54, 1.807) is 24.3 Å². The molecule has 1 saturated carbocycles. The van der Waals surface area contributed by atoms with Gasteiger partial charge in [-0.05, 0) is 48.6 Å². The van der Waals surface area contributed by atoms with Gasteiger partial charge in [0.1, 0.15) is 11.5 Å². The first-order chi connectivity index (χ1) is 14.6. The van der Waals surface area contributed by atoms with Gasteiger partial charge in [-0.25, -0.2) is 9.69 Å². The maximum Gasteiger partial charge on any atom is 0.421 e. The number of benzene rings is 2. The number of cyclic esters (lactones) is 1. The zero-order valence-electron chi connectivity index (χ0n) is 16.6. The number of carbonyl (C=O) groups excluding carboxylic acids is 2. The molecule has 0 atom stereocenters. The predicted molar refractivity (Wildman–Crippen MR) is 114 cm³/mol. The van der Waals surface area contributed by atoms with Crippen LogP contribution < -0.4 is 14.4 Å². The first-order valence-corrected chi connectivity index (χ1v) is 10.6. The molecule has 0 aromatic heterocycles. The minimum absolute atomic E-state index is 0.231. The first-order valence-electron chi connectivity index (χ1n) is 10.3. The van der Waals surface area contributed by atoms with E-state index >= 15 is 0 Å². The summed E-state index contributed by atoms with van der Waals surface area (Å²) in [5.41, 5.74) is 1.74. The lowest BCUT2D eigenvalue weighted by atomic mass is 9.98. The van der Waals surface area contributed by atoms with E-state index in [-0.39, 0.29) is 12.5 Å². The number of anilines is 1. The van der Waals surface area contributed by atoms with Gasteiger partial charge >= 0.3 is 6.09 Å². The van der Waals surface area contributed by atoms with Crippen molar-refractivity contribution in [2.24, 2.45) is 0 Å². The molecule has 0 bridgehead atoms. The van der Waals surface area contributed by atoms with Crippen molar-refractivity contribution in [2.75, 3.05) is 24.7 Å². The summed E-state index contributed by atoms with van der Waals surface area (Å²) in [6.07, 6.45) is 5.06. The normalized spacial score (nSPS) is 16.8. The molecule has 0 spiro atoms. The molecular formula is C23H24ClNO5. The summed E-state index contributed by atoms with van der Waals surface area (Å²) in [6, 6.07) is 12.9. The molecule has 1 heterocycles. The molecule has 0 unspecified atom stereocenters. The molecular weight excluding hydrogens is 406 g/mol. The van der Waals surface area contributed by atoms with Crippen molar-refractivity contribution in [1.29, 1.82) is 0 Å². The average Bonchev–Trinajstić information content (AvgIpc) is 3.39. The molecule has 30 heavy (non-hydrogen) atoms. The fourth-order valence-electron chi connectivity index (χ4n) is 3.89. The van der Waals surface area contributed by atoms with E-state index in [2.05, 4.69) is 6.07 Å². The maximum atomic E-state index is 11.8. The van der Waals surface area contributed by atoms with Crippen molar-refractivity contribution in [2.45, 2.75) is 38.0 Å². The highest BCUT2D eigenvalue weighted by molar-refractivity contribution is 6.32. The average molecular weight is 430 g/mol. The lowest BCUT2D eigenvalue weighted by Gasteiger charge is -2.14. The second kappa shape index (κ2) is 9.39. The molecule has 1 aliphatic heterocycles. The Morgan fingerprint density at radius 3 is 2.57 bits per heavy atom. The number of ether oxygens (including phenoxy) is 3. The van der Waals surface area contributed by atoms with Gasteiger partial charge in [0.15, 0.2) is 6.61 Å². The Bertz CT molecular complexity index is 910. The van der Waals surface area contributed by atoms with Crippen LogP contribution >= 0.6 is 11.6 Å². The number of amides is 2.